The second-order valence-corrected chi connectivity index (χ2v) is 11.0. The average Bonchev–Trinajstić information content (AvgIpc) is 2.84. The van der Waals surface area contributed by atoms with Crippen LogP contribution in [0, 0.1) is 0 Å². The molecule has 0 bridgehead atoms. The molecule has 36 heavy (non-hydrogen) atoms. The maximum absolute atomic E-state index is 13.1. The summed E-state index contributed by atoms with van der Waals surface area (Å²) in [6.07, 6.45) is 1.37. The summed E-state index contributed by atoms with van der Waals surface area (Å²) in [5.74, 6) is 0.235. The zero-order valence-electron chi connectivity index (χ0n) is 18.0. The molecular formula is C24H15BrCl3N3O4S. The zero-order valence-corrected chi connectivity index (χ0v) is 22.7. The molecule has 4 aromatic rings. The molecule has 4 rings (SSSR count). The number of nitrogens with zero attached hydrogens (tertiary/aromatic N) is 1. The summed E-state index contributed by atoms with van der Waals surface area (Å²) in [4.78, 5) is 16.9. The number of nitrogens with one attached hydrogen (secondary N) is 2. The number of sulfonamides is 1. The first kappa shape index (κ1) is 26.2. The molecule has 0 saturated heterocycles. The van der Waals surface area contributed by atoms with Crippen molar-refractivity contribution in [3.63, 3.8) is 0 Å². The van der Waals surface area contributed by atoms with Gasteiger partial charge in [0, 0.05) is 5.02 Å². The molecule has 0 unspecified atom stereocenters. The summed E-state index contributed by atoms with van der Waals surface area (Å²) in [5, 5.41) is 3.54. The summed E-state index contributed by atoms with van der Waals surface area (Å²) in [6, 6.07) is 18.5. The van der Waals surface area contributed by atoms with Crippen molar-refractivity contribution >= 4 is 78.0 Å². The molecule has 0 atom stereocenters. The van der Waals surface area contributed by atoms with Crippen LogP contribution in [-0.2, 0) is 10.0 Å². The van der Waals surface area contributed by atoms with Gasteiger partial charge in [-0.05, 0) is 76.6 Å². The molecule has 0 aliphatic heterocycles. The molecule has 1 heterocycles. The Kier molecular flexibility index (Phi) is 8.07. The van der Waals surface area contributed by atoms with Gasteiger partial charge in [-0.1, -0.05) is 46.9 Å². The minimum absolute atomic E-state index is 0.0100. The summed E-state index contributed by atoms with van der Waals surface area (Å²) >= 11 is 21.3. The topological polar surface area (TPSA) is 97.4 Å². The second-order valence-electron chi connectivity index (χ2n) is 7.25. The van der Waals surface area contributed by atoms with Crippen LogP contribution in [-0.4, -0.2) is 19.3 Å². The van der Waals surface area contributed by atoms with E-state index in [0.717, 1.165) is 0 Å². The third-order valence-corrected chi connectivity index (χ3v) is 7.79. The van der Waals surface area contributed by atoms with E-state index in [4.69, 9.17) is 39.5 Å². The molecule has 7 nitrogen and oxygen atoms in total. The van der Waals surface area contributed by atoms with Crippen LogP contribution >= 0.6 is 50.7 Å². The molecular weight excluding hydrogens is 613 g/mol. The van der Waals surface area contributed by atoms with Crippen molar-refractivity contribution in [1.82, 2.24) is 4.98 Å². The Labute approximate surface area is 230 Å². The number of aromatic nitrogens is 1. The normalized spacial score (nSPS) is 11.1. The van der Waals surface area contributed by atoms with Crippen molar-refractivity contribution in [1.29, 1.82) is 0 Å². The van der Waals surface area contributed by atoms with E-state index in [1.165, 1.54) is 48.7 Å². The molecule has 12 heteroatoms. The van der Waals surface area contributed by atoms with Crippen LogP contribution in [0.1, 0.15) is 10.4 Å². The monoisotopic (exact) mass is 625 g/mol. The Morgan fingerprint density at radius 3 is 2.36 bits per heavy atom. The average molecular weight is 628 g/mol. The fraction of sp³-hybridized carbons (Fsp3) is 0. The quantitative estimate of drug-likeness (QED) is 0.205. The van der Waals surface area contributed by atoms with E-state index in [2.05, 4.69) is 31.0 Å². The molecule has 184 valence electrons. The molecule has 1 aromatic heterocycles. The largest absolute Gasteiger partial charge is 0.456 e. The van der Waals surface area contributed by atoms with Gasteiger partial charge in [0.1, 0.15) is 16.7 Å². The minimum Gasteiger partial charge on any atom is -0.456 e. The number of hydrogen-bond acceptors (Lipinski definition) is 5. The Morgan fingerprint density at radius 2 is 1.67 bits per heavy atom. The number of carbonyl (C=O) groups is 1. The van der Waals surface area contributed by atoms with Gasteiger partial charge < -0.3 is 10.1 Å². The van der Waals surface area contributed by atoms with Gasteiger partial charge in [-0.25, -0.2) is 13.4 Å². The van der Waals surface area contributed by atoms with Gasteiger partial charge in [-0.15, -0.1) is 0 Å². The molecule has 3 aromatic carbocycles. The zero-order chi connectivity index (χ0) is 25.9. The van der Waals surface area contributed by atoms with Crippen LogP contribution in [0.5, 0.6) is 11.5 Å². The van der Waals surface area contributed by atoms with Crippen LogP contribution < -0.4 is 14.8 Å². The first-order valence-electron chi connectivity index (χ1n) is 10.1. The van der Waals surface area contributed by atoms with Gasteiger partial charge in [-0.3, -0.25) is 9.52 Å². The fourth-order valence-corrected chi connectivity index (χ4v) is 4.90. The van der Waals surface area contributed by atoms with E-state index in [-0.39, 0.29) is 26.3 Å². The lowest BCUT2D eigenvalue weighted by atomic mass is 10.1. The first-order chi connectivity index (χ1) is 17.1. The number of amides is 1. The molecule has 0 radical (unpaired) electrons. The van der Waals surface area contributed by atoms with Crippen LogP contribution in [0.2, 0.25) is 15.2 Å². The molecule has 0 aliphatic rings. The lowest BCUT2D eigenvalue weighted by molar-refractivity contribution is 0.102. The van der Waals surface area contributed by atoms with Gasteiger partial charge >= 0.3 is 0 Å². The highest BCUT2D eigenvalue weighted by molar-refractivity contribution is 9.10. The van der Waals surface area contributed by atoms with Crippen molar-refractivity contribution in [2.24, 2.45) is 0 Å². The first-order valence-corrected chi connectivity index (χ1v) is 13.5. The number of halogens is 4. The number of rotatable bonds is 7. The maximum atomic E-state index is 13.1. The Morgan fingerprint density at radius 1 is 0.944 bits per heavy atom. The van der Waals surface area contributed by atoms with Crippen LogP contribution in [0.15, 0.2) is 88.4 Å². The summed E-state index contributed by atoms with van der Waals surface area (Å²) in [7, 11) is -4.06. The number of carbonyl (C=O) groups excluding carboxylic acids is 1. The number of benzene rings is 3. The third kappa shape index (κ3) is 6.29. The van der Waals surface area contributed by atoms with Gasteiger partial charge in [0.05, 0.1) is 37.5 Å². The third-order valence-electron chi connectivity index (χ3n) is 4.72. The predicted octanol–water partition coefficient (Wildman–Crippen LogP) is 7.65. The number of pyridine rings is 1. The fourth-order valence-electron chi connectivity index (χ4n) is 3.03. The van der Waals surface area contributed by atoms with E-state index < -0.39 is 15.9 Å². The number of para-hydroxylation sites is 1. The summed E-state index contributed by atoms with van der Waals surface area (Å²) in [5.41, 5.74) is 0.393. The molecule has 2 N–H and O–H groups in total. The lowest BCUT2D eigenvalue weighted by Gasteiger charge is -2.14. The van der Waals surface area contributed by atoms with Gasteiger partial charge in [0.15, 0.2) is 0 Å². The van der Waals surface area contributed by atoms with Gasteiger partial charge in [0.25, 0.3) is 15.9 Å². The second kappa shape index (κ2) is 11.1. The number of hydrogen-bond donors (Lipinski definition) is 2. The Hall–Kier alpha value is -2.82. The molecule has 0 aliphatic carbocycles. The minimum atomic E-state index is -4.06. The molecule has 0 fully saturated rings. The van der Waals surface area contributed by atoms with Crippen molar-refractivity contribution < 1.29 is 17.9 Å². The van der Waals surface area contributed by atoms with Crippen molar-refractivity contribution in [3.05, 3.63) is 104 Å². The van der Waals surface area contributed by atoms with Crippen LogP contribution in [0.4, 0.5) is 11.4 Å². The smallest absolute Gasteiger partial charge is 0.261 e. The summed E-state index contributed by atoms with van der Waals surface area (Å²) < 4.78 is 34.7. The van der Waals surface area contributed by atoms with Crippen molar-refractivity contribution in [2.75, 3.05) is 10.0 Å². The van der Waals surface area contributed by atoms with Crippen molar-refractivity contribution in [3.8, 4) is 11.5 Å². The Bertz CT molecular complexity index is 1550. The SMILES string of the molecule is O=C(Nc1cnc(Cl)c(Br)c1)c1cc(Cl)ccc1NS(=O)(=O)c1ccc(Oc2ccccc2Cl)cc1. The molecule has 1 amide bonds. The Balaban J connectivity index is 1.55. The highest BCUT2D eigenvalue weighted by Gasteiger charge is 2.20. The molecule has 0 spiro atoms. The number of ether oxygens (including phenoxy) is 1. The highest BCUT2D eigenvalue weighted by Crippen LogP contribution is 2.30. The van der Waals surface area contributed by atoms with E-state index in [1.807, 2.05) is 0 Å². The lowest BCUT2D eigenvalue weighted by Crippen LogP contribution is -2.18. The van der Waals surface area contributed by atoms with Gasteiger partial charge in [-0.2, -0.15) is 0 Å². The highest BCUT2D eigenvalue weighted by atomic mass is 79.9. The predicted molar refractivity (Wildman–Crippen MR) is 145 cm³/mol. The van der Waals surface area contributed by atoms with Crippen LogP contribution in [0.3, 0.4) is 0 Å². The van der Waals surface area contributed by atoms with Crippen LogP contribution in [0.25, 0.3) is 0 Å². The summed E-state index contributed by atoms with van der Waals surface area (Å²) in [6.45, 7) is 0. The van der Waals surface area contributed by atoms with E-state index >= 15 is 0 Å². The van der Waals surface area contributed by atoms with E-state index in [0.29, 0.717) is 26.7 Å². The maximum Gasteiger partial charge on any atom is 0.261 e. The van der Waals surface area contributed by atoms with Crippen molar-refractivity contribution in [2.45, 2.75) is 4.90 Å². The van der Waals surface area contributed by atoms with Gasteiger partial charge in [0.2, 0.25) is 0 Å². The van der Waals surface area contributed by atoms with E-state index in [9.17, 15) is 13.2 Å². The number of anilines is 2. The van der Waals surface area contributed by atoms with E-state index in [1.54, 1.807) is 30.3 Å². The molecule has 0 saturated carbocycles. The standard InChI is InChI=1S/C24H15BrCl3N3O4S/c25-19-12-15(13-29-23(19)28)30-24(32)18-11-14(26)5-10-21(18)31-36(33,34)17-8-6-16(7-9-17)35-22-4-2-1-3-20(22)27/h1-13,31H,(H,30,32).